The van der Waals surface area contributed by atoms with Crippen LogP contribution >= 0.6 is 11.3 Å². The molecule has 0 amide bonds. The first-order valence-electron chi connectivity index (χ1n) is 4.98. The number of hydrogen-bond acceptors (Lipinski definition) is 3. The first-order chi connectivity index (χ1) is 7.68. The Morgan fingerprint density at radius 3 is 3.00 bits per heavy atom. The predicted octanol–water partition coefficient (Wildman–Crippen LogP) is 2.89. The van der Waals surface area contributed by atoms with E-state index in [4.69, 9.17) is 9.84 Å². The first kappa shape index (κ1) is 11.1. The molecule has 1 unspecified atom stereocenters. The van der Waals surface area contributed by atoms with Gasteiger partial charge in [-0.15, -0.1) is 11.3 Å². The second-order valence-corrected chi connectivity index (χ2v) is 4.46. The van der Waals surface area contributed by atoms with Crippen LogP contribution in [0.4, 0.5) is 0 Å². The Kier molecular flexibility index (Phi) is 3.22. The fourth-order valence-corrected chi connectivity index (χ4v) is 2.38. The van der Waals surface area contributed by atoms with Gasteiger partial charge in [-0.25, -0.2) is 4.79 Å². The summed E-state index contributed by atoms with van der Waals surface area (Å²) in [5.41, 5.74) is 1.05. The van der Waals surface area contributed by atoms with Gasteiger partial charge < -0.3 is 9.84 Å². The van der Waals surface area contributed by atoms with Gasteiger partial charge in [0.15, 0.2) is 6.10 Å². The van der Waals surface area contributed by atoms with Crippen LogP contribution in [0.3, 0.4) is 0 Å². The number of ether oxygens (including phenoxy) is 1. The van der Waals surface area contributed by atoms with Crippen LogP contribution in [0.1, 0.15) is 12.5 Å². The van der Waals surface area contributed by atoms with Gasteiger partial charge in [0.05, 0.1) is 6.61 Å². The molecule has 1 atom stereocenters. The summed E-state index contributed by atoms with van der Waals surface area (Å²) in [5.74, 6) is -0.931. The minimum absolute atomic E-state index is 0.345. The topological polar surface area (TPSA) is 46.5 Å². The van der Waals surface area contributed by atoms with Crippen molar-refractivity contribution in [3.63, 3.8) is 0 Å². The SMILES string of the molecule is CC(OCc1csc2ccccc12)C(=O)O. The first-order valence-corrected chi connectivity index (χ1v) is 5.86. The zero-order valence-corrected chi connectivity index (χ0v) is 9.66. The predicted molar refractivity (Wildman–Crippen MR) is 63.7 cm³/mol. The van der Waals surface area contributed by atoms with Crippen LogP contribution < -0.4 is 0 Å². The Hall–Kier alpha value is -1.39. The molecule has 0 bridgehead atoms. The van der Waals surface area contributed by atoms with Gasteiger partial charge in [-0.3, -0.25) is 0 Å². The molecule has 0 saturated heterocycles. The highest BCUT2D eigenvalue weighted by atomic mass is 32.1. The summed E-state index contributed by atoms with van der Waals surface area (Å²) in [6.07, 6.45) is -0.765. The minimum Gasteiger partial charge on any atom is -0.479 e. The third kappa shape index (κ3) is 2.23. The van der Waals surface area contributed by atoms with Crippen LogP contribution in [0, 0.1) is 0 Å². The lowest BCUT2D eigenvalue weighted by Crippen LogP contribution is -2.19. The molecule has 0 fully saturated rings. The highest BCUT2D eigenvalue weighted by Crippen LogP contribution is 2.26. The quantitative estimate of drug-likeness (QED) is 0.887. The monoisotopic (exact) mass is 236 g/mol. The van der Waals surface area contributed by atoms with Gasteiger partial charge in [-0.2, -0.15) is 0 Å². The van der Waals surface area contributed by atoms with E-state index in [9.17, 15) is 4.79 Å². The molecule has 0 radical (unpaired) electrons. The van der Waals surface area contributed by atoms with E-state index in [0.717, 1.165) is 10.9 Å². The van der Waals surface area contributed by atoms with Crippen LogP contribution in [0.2, 0.25) is 0 Å². The number of aliphatic carboxylic acids is 1. The molecule has 0 saturated carbocycles. The Morgan fingerprint density at radius 1 is 1.50 bits per heavy atom. The Labute approximate surface area is 97.3 Å². The van der Waals surface area contributed by atoms with Gasteiger partial charge >= 0.3 is 5.97 Å². The third-order valence-corrected chi connectivity index (χ3v) is 3.41. The number of carboxylic acid groups (broad SMARTS) is 1. The van der Waals surface area contributed by atoms with E-state index < -0.39 is 12.1 Å². The molecule has 1 heterocycles. The van der Waals surface area contributed by atoms with E-state index in [1.165, 1.54) is 11.6 Å². The molecule has 84 valence electrons. The van der Waals surface area contributed by atoms with Crippen LogP contribution in [0.15, 0.2) is 29.6 Å². The van der Waals surface area contributed by atoms with Crippen molar-refractivity contribution < 1.29 is 14.6 Å². The smallest absolute Gasteiger partial charge is 0.332 e. The number of rotatable bonds is 4. The van der Waals surface area contributed by atoms with Gasteiger partial charge in [-0.05, 0) is 29.3 Å². The van der Waals surface area contributed by atoms with Crippen molar-refractivity contribution in [2.24, 2.45) is 0 Å². The van der Waals surface area contributed by atoms with Gasteiger partial charge in [0.1, 0.15) is 0 Å². The zero-order valence-electron chi connectivity index (χ0n) is 8.84. The Morgan fingerprint density at radius 2 is 2.25 bits per heavy atom. The summed E-state index contributed by atoms with van der Waals surface area (Å²) in [4.78, 5) is 10.6. The Bertz CT molecular complexity index is 504. The number of carboxylic acids is 1. The number of carbonyl (C=O) groups is 1. The number of benzene rings is 1. The van der Waals surface area contributed by atoms with E-state index in [1.54, 1.807) is 11.3 Å². The molecular formula is C12H12O3S. The van der Waals surface area contributed by atoms with Gasteiger partial charge in [0, 0.05) is 4.70 Å². The fraction of sp³-hybridized carbons (Fsp3) is 0.250. The molecular weight excluding hydrogens is 224 g/mol. The molecule has 1 N–H and O–H groups in total. The van der Waals surface area contributed by atoms with Crippen molar-refractivity contribution in [3.8, 4) is 0 Å². The average Bonchev–Trinajstić information content (AvgIpc) is 2.69. The molecule has 2 rings (SSSR count). The number of fused-ring (bicyclic) bond motifs is 1. The van der Waals surface area contributed by atoms with Crippen molar-refractivity contribution in [2.45, 2.75) is 19.6 Å². The normalized spacial score (nSPS) is 12.8. The van der Waals surface area contributed by atoms with Crippen LogP contribution in [-0.2, 0) is 16.1 Å². The molecule has 0 spiro atoms. The van der Waals surface area contributed by atoms with Crippen molar-refractivity contribution in [1.82, 2.24) is 0 Å². The van der Waals surface area contributed by atoms with E-state index in [1.807, 2.05) is 29.6 Å². The molecule has 3 nitrogen and oxygen atoms in total. The molecule has 0 aliphatic rings. The zero-order chi connectivity index (χ0) is 11.5. The van der Waals surface area contributed by atoms with E-state index in [0.29, 0.717) is 6.61 Å². The van der Waals surface area contributed by atoms with Crippen molar-refractivity contribution >= 4 is 27.4 Å². The number of thiophene rings is 1. The summed E-state index contributed by atoms with van der Waals surface area (Å²) in [5, 5.41) is 11.9. The van der Waals surface area contributed by atoms with Gasteiger partial charge in [0.25, 0.3) is 0 Å². The summed E-state index contributed by atoms with van der Waals surface area (Å²) < 4.78 is 6.46. The number of hydrogen-bond donors (Lipinski definition) is 1. The lowest BCUT2D eigenvalue weighted by molar-refractivity contribution is -0.149. The summed E-state index contributed by atoms with van der Waals surface area (Å²) >= 11 is 1.65. The summed E-state index contributed by atoms with van der Waals surface area (Å²) in [6.45, 7) is 1.88. The lowest BCUT2D eigenvalue weighted by atomic mass is 10.2. The standard InChI is InChI=1S/C12H12O3S/c1-8(12(13)14)15-6-9-7-16-11-5-3-2-4-10(9)11/h2-5,7-8H,6H2,1H3,(H,13,14). The average molecular weight is 236 g/mol. The third-order valence-electron chi connectivity index (χ3n) is 2.40. The molecule has 0 aliphatic carbocycles. The Balaban J connectivity index is 2.13. The molecule has 1 aromatic heterocycles. The molecule has 1 aromatic carbocycles. The molecule has 16 heavy (non-hydrogen) atoms. The van der Waals surface area contributed by atoms with Crippen molar-refractivity contribution in [2.75, 3.05) is 0 Å². The van der Waals surface area contributed by atoms with E-state index >= 15 is 0 Å². The van der Waals surface area contributed by atoms with Gasteiger partial charge in [0.2, 0.25) is 0 Å². The van der Waals surface area contributed by atoms with Crippen LogP contribution in [0.25, 0.3) is 10.1 Å². The minimum atomic E-state index is -0.931. The largest absolute Gasteiger partial charge is 0.479 e. The highest BCUT2D eigenvalue weighted by molar-refractivity contribution is 7.17. The van der Waals surface area contributed by atoms with Crippen molar-refractivity contribution in [3.05, 3.63) is 35.2 Å². The summed E-state index contributed by atoms with van der Waals surface area (Å²) in [7, 11) is 0. The van der Waals surface area contributed by atoms with E-state index in [2.05, 4.69) is 0 Å². The molecule has 4 heteroatoms. The fourth-order valence-electron chi connectivity index (χ4n) is 1.43. The van der Waals surface area contributed by atoms with Crippen molar-refractivity contribution in [1.29, 1.82) is 0 Å². The second-order valence-electron chi connectivity index (χ2n) is 3.55. The maximum atomic E-state index is 10.6. The second kappa shape index (κ2) is 4.63. The maximum absolute atomic E-state index is 10.6. The highest BCUT2D eigenvalue weighted by Gasteiger charge is 2.12. The molecule has 2 aromatic rings. The van der Waals surface area contributed by atoms with Crippen LogP contribution in [0.5, 0.6) is 0 Å². The van der Waals surface area contributed by atoms with E-state index in [-0.39, 0.29) is 0 Å². The van der Waals surface area contributed by atoms with Crippen LogP contribution in [-0.4, -0.2) is 17.2 Å². The lowest BCUT2D eigenvalue weighted by Gasteiger charge is -2.07. The summed E-state index contributed by atoms with van der Waals surface area (Å²) in [6, 6.07) is 8.03. The molecule has 0 aliphatic heterocycles. The van der Waals surface area contributed by atoms with Gasteiger partial charge in [-0.1, -0.05) is 18.2 Å². The maximum Gasteiger partial charge on any atom is 0.332 e.